The number of benzene rings is 2. The van der Waals surface area contributed by atoms with Crippen molar-refractivity contribution in [2.24, 2.45) is 0 Å². The number of aliphatic hydroxyl groups excluding tert-OH is 1. The zero-order valence-electron chi connectivity index (χ0n) is 21.7. The number of nitrogens with zero attached hydrogens (tertiary/aromatic N) is 2. The molecule has 0 aliphatic carbocycles. The summed E-state index contributed by atoms with van der Waals surface area (Å²) < 4.78 is 16.8. The molecule has 37 heavy (non-hydrogen) atoms. The third kappa shape index (κ3) is 10.4. The Labute approximate surface area is 218 Å². The Balaban J connectivity index is 0.000000717. The second-order valence-corrected chi connectivity index (χ2v) is 8.67. The molecule has 204 valence electrons. The van der Waals surface area contributed by atoms with Crippen LogP contribution in [0.1, 0.15) is 30.6 Å². The number of hydrogen-bond acceptors (Lipinski definition) is 8. The summed E-state index contributed by atoms with van der Waals surface area (Å²) in [6.45, 7) is 8.43. The van der Waals surface area contributed by atoms with E-state index in [9.17, 15) is 5.11 Å². The van der Waals surface area contributed by atoms with Gasteiger partial charge in [-0.2, -0.15) is 0 Å². The Morgan fingerprint density at radius 1 is 0.811 bits per heavy atom. The molecular weight excluding hydrogens is 480 g/mol. The number of aliphatic carboxylic acids is 2. The van der Waals surface area contributed by atoms with Crippen LogP contribution in [0.5, 0.6) is 11.5 Å². The van der Waals surface area contributed by atoms with E-state index in [2.05, 4.69) is 16.7 Å². The molecule has 10 heteroatoms. The molecule has 3 N–H and O–H groups in total. The van der Waals surface area contributed by atoms with E-state index in [1.165, 1.54) is 6.42 Å². The van der Waals surface area contributed by atoms with Gasteiger partial charge in [-0.15, -0.1) is 0 Å². The molecule has 1 aliphatic rings. The van der Waals surface area contributed by atoms with Crippen molar-refractivity contribution in [1.82, 2.24) is 9.80 Å². The Kier molecular flexibility index (Phi) is 12.9. The molecule has 1 saturated heterocycles. The molecule has 1 unspecified atom stereocenters. The summed E-state index contributed by atoms with van der Waals surface area (Å²) in [5.74, 6) is -2.04. The van der Waals surface area contributed by atoms with Crippen LogP contribution >= 0.6 is 0 Å². The number of ether oxygens (including phenoxy) is 3. The van der Waals surface area contributed by atoms with Crippen LogP contribution in [0.25, 0.3) is 0 Å². The smallest absolute Gasteiger partial charge is 0.414 e. The highest BCUT2D eigenvalue weighted by atomic mass is 16.5. The van der Waals surface area contributed by atoms with Gasteiger partial charge in [0.05, 0.1) is 26.9 Å². The topological polar surface area (TPSA) is 129 Å². The van der Waals surface area contributed by atoms with E-state index < -0.39 is 18.0 Å². The fourth-order valence-corrected chi connectivity index (χ4v) is 4.01. The van der Waals surface area contributed by atoms with Gasteiger partial charge >= 0.3 is 11.9 Å². The molecule has 2 aromatic rings. The lowest BCUT2D eigenvalue weighted by Gasteiger charge is -2.35. The summed E-state index contributed by atoms with van der Waals surface area (Å²) in [5, 5.41) is 25.4. The summed E-state index contributed by atoms with van der Waals surface area (Å²) in [5.41, 5.74) is 2.04. The maximum absolute atomic E-state index is 10.7. The number of hydrogen-bond donors (Lipinski definition) is 3. The normalized spacial score (nSPS) is 14.9. The minimum absolute atomic E-state index is 0.270. The van der Waals surface area contributed by atoms with Crippen molar-refractivity contribution in [3.8, 4) is 11.5 Å². The van der Waals surface area contributed by atoms with Crippen molar-refractivity contribution in [2.45, 2.75) is 25.6 Å². The van der Waals surface area contributed by atoms with Crippen LogP contribution in [0.4, 0.5) is 0 Å². The summed E-state index contributed by atoms with van der Waals surface area (Å²) >= 11 is 0. The van der Waals surface area contributed by atoms with Crippen LogP contribution in [-0.4, -0.2) is 103 Å². The van der Waals surface area contributed by atoms with Crippen molar-refractivity contribution in [3.05, 3.63) is 59.7 Å². The maximum Gasteiger partial charge on any atom is 0.414 e. The number of carbonyl (C=O) groups is 2. The minimum Gasteiger partial charge on any atom is -0.497 e. The van der Waals surface area contributed by atoms with Crippen molar-refractivity contribution >= 4 is 11.9 Å². The Morgan fingerprint density at radius 3 is 1.62 bits per heavy atom. The lowest BCUT2D eigenvalue weighted by Crippen LogP contribution is -2.49. The molecule has 0 saturated carbocycles. The number of rotatable bonds is 11. The van der Waals surface area contributed by atoms with E-state index in [0.29, 0.717) is 6.54 Å². The Bertz CT molecular complexity index is 884. The third-order valence-electron chi connectivity index (χ3n) is 5.95. The predicted molar refractivity (Wildman–Crippen MR) is 138 cm³/mol. The fraction of sp³-hybridized carbons (Fsp3) is 0.481. The second-order valence-electron chi connectivity index (χ2n) is 8.67. The van der Waals surface area contributed by atoms with Gasteiger partial charge in [0.2, 0.25) is 0 Å². The quantitative estimate of drug-likeness (QED) is 0.381. The zero-order chi connectivity index (χ0) is 27.2. The molecule has 10 nitrogen and oxygen atoms in total. The first-order chi connectivity index (χ1) is 17.8. The number of piperazine rings is 1. The third-order valence-corrected chi connectivity index (χ3v) is 5.95. The van der Waals surface area contributed by atoms with E-state index in [4.69, 9.17) is 34.0 Å². The van der Waals surface area contributed by atoms with Crippen LogP contribution in [-0.2, 0) is 14.3 Å². The van der Waals surface area contributed by atoms with E-state index >= 15 is 0 Å². The minimum atomic E-state index is -1.82. The molecule has 1 fully saturated rings. The van der Waals surface area contributed by atoms with Gasteiger partial charge in [0, 0.05) is 32.7 Å². The molecule has 1 atom stereocenters. The first kappa shape index (κ1) is 30.0. The number of carboxylic acid groups (broad SMARTS) is 2. The maximum atomic E-state index is 10.7. The molecule has 0 bridgehead atoms. The van der Waals surface area contributed by atoms with Crippen molar-refractivity contribution in [3.63, 3.8) is 0 Å². The summed E-state index contributed by atoms with van der Waals surface area (Å²) in [6.07, 6.45) is 0.388. The first-order valence-electron chi connectivity index (χ1n) is 12.3. The van der Waals surface area contributed by atoms with Crippen LogP contribution in [0.15, 0.2) is 48.5 Å². The molecule has 3 rings (SSSR count). The first-order valence-corrected chi connectivity index (χ1v) is 12.3. The van der Waals surface area contributed by atoms with E-state index in [1.54, 1.807) is 14.2 Å². The largest absolute Gasteiger partial charge is 0.497 e. The zero-order valence-corrected chi connectivity index (χ0v) is 21.7. The van der Waals surface area contributed by atoms with Gasteiger partial charge in [-0.1, -0.05) is 31.2 Å². The molecule has 0 amide bonds. The van der Waals surface area contributed by atoms with Gasteiger partial charge in [0.1, 0.15) is 17.6 Å². The summed E-state index contributed by atoms with van der Waals surface area (Å²) in [7, 11) is 3.32. The average Bonchev–Trinajstić information content (AvgIpc) is 2.91. The lowest BCUT2D eigenvalue weighted by atomic mass is 10.0. The van der Waals surface area contributed by atoms with Crippen molar-refractivity contribution < 1.29 is 39.1 Å². The van der Waals surface area contributed by atoms with Gasteiger partial charge in [0.25, 0.3) is 0 Å². The highest BCUT2D eigenvalue weighted by molar-refractivity contribution is 6.27. The van der Waals surface area contributed by atoms with Crippen molar-refractivity contribution in [2.75, 3.05) is 60.1 Å². The number of aliphatic hydroxyl groups is 1. The summed E-state index contributed by atoms with van der Waals surface area (Å²) in [6, 6.07) is 15.8. The van der Waals surface area contributed by atoms with Gasteiger partial charge in [0.15, 0.2) is 0 Å². The molecule has 1 heterocycles. The van der Waals surface area contributed by atoms with Gasteiger partial charge in [-0.3, -0.25) is 4.90 Å². The molecule has 0 spiro atoms. The highest BCUT2D eigenvalue weighted by Crippen LogP contribution is 2.29. The van der Waals surface area contributed by atoms with E-state index in [0.717, 1.165) is 55.3 Å². The van der Waals surface area contributed by atoms with Gasteiger partial charge in [-0.05, 0) is 48.4 Å². The fourth-order valence-electron chi connectivity index (χ4n) is 4.01. The second kappa shape index (κ2) is 15.8. The van der Waals surface area contributed by atoms with Gasteiger partial charge < -0.3 is 34.4 Å². The predicted octanol–water partition coefficient (Wildman–Crippen LogP) is 2.35. The standard InChI is InChI=1S/C25H36N2O4.C2H2O4/c1-4-13-26-14-16-27(17-15-26)18-22(28)19-31-25(20-5-9-23(29-2)10-6-20)21-7-11-24(30-3)12-8-21;3-1(4)2(5)6/h5-12,22,25,28H,4,13-19H2,1-3H3;(H,3,4)(H,5,6). The summed E-state index contributed by atoms with van der Waals surface area (Å²) in [4.78, 5) is 23.0. The van der Waals surface area contributed by atoms with Crippen molar-refractivity contribution in [1.29, 1.82) is 0 Å². The molecular formula is C27H38N2O8. The lowest BCUT2D eigenvalue weighted by molar-refractivity contribution is -0.159. The van der Waals surface area contributed by atoms with Crippen LogP contribution < -0.4 is 9.47 Å². The number of methoxy groups -OCH3 is 2. The van der Waals surface area contributed by atoms with E-state index in [-0.39, 0.29) is 12.7 Å². The van der Waals surface area contributed by atoms with E-state index in [1.807, 2.05) is 48.5 Å². The van der Waals surface area contributed by atoms with Crippen LogP contribution in [0.3, 0.4) is 0 Å². The molecule has 0 aromatic heterocycles. The monoisotopic (exact) mass is 518 g/mol. The SMILES string of the molecule is CCCN1CCN(CC(O)COC(c2ccc(OC)cc2)c2ccc(OC)cc2)CC1.O=C(O)C(=O)O. The molecule has 2 aromatic carbocycles. The van der Waals surface area contributed by atoms with Crippen LogP contribution in [0, 0.1) is 0 Å². The van der Waals surface area contributed by atoms with Gasteiger partial charge in [-0.25, -0.2) is 9.59 Å². The average molecular weight is 519 g/mol. The highest BCUT2D eigenvalue weighted by Gasteiger charge is 2.21. The molecule has 0 radical (unpaired) electrons. The number of β-amino-alcohol motifs (C(OH)–C–C–N with tert-alkyl or cyclic N) is 1. The Morgan fingerprint density at radius 2 is 1.24 bits per heavy atom. The number of carboxylic acids is 2. The van der Waals surface area contributed by atoms with Crippen LogP contribution in [0.2, 0.25) is 0 Å². The Hall–Kier alpha value is -3.18. The molecule has 1 aliphatic heterocycles.